The summed E-state index contributed by atoms with van der Waals surface area (Å²) in [6.07, 6.45) is 0.143. The van der Waals surface area contributed by atoms with Gasteiger partial charge in [0.05, 0.1) is 4.92 Å². The van der Waals surface area contributed by atoms with Crippen LogP contribution in [0, 0.1) is 10.1 Å². The quantitative estimate of drug-likeness (QED) is 0.517. The van der Waals surface area contributed by atoms with Gasteiger partial charge in [0.1, 0.15) is 6.04 Å². The van der Waals surface area contributed by atoms with Crippen LogP contribution >= 0.6 is 0 Å². The molecule has 0 saturated carbocycles. The van der Waals surface area contributed by atoms with Crippen LogP contribution in [0.1, 0.15) is 15.9 Å². The van der Waals surface area contributed by atoms with Crippen molar-refractivity contribution in [2.45, 2.75) is 12.5 Å². The van der Waals surface area contributed by atoms with Crippen LogP contribution in [0.25, 0.3) is 10.8 Å². The zero-order chi connectivity index (χ0) is 19.4. The van der Waals surface area contributed by atoms with E-state index in [9.17, 15) is 19.7 Å². The number of hydrogen-bond acceptors (Lipinski definition) is 4. The normalized spacial score (nSPS) is 11.7. The summed E-state index contributed by atoms with van der Waals surface area (Å²) in [6.45, 7) is 0. The molecule has 0 radical (unpaired) electrons. The first kappa shape index (κ1) is 18.1. The van der Waals surface area contributed by atoms with Crippen LogP contribution < -0.4 is 11.1 Å². The number of nitro benzene ring substituents is 1. The molecule has 0 fully saturated rings. The summed E-state index contributed by atoms with van der Waals surface area (Å²) in [5.74, 6) is -1.08. The predicted octanol–water partition coefficient (Wildman–Crippen LogP) is 2.57. The van der Waals surface area contributed by atoms with Gasteiger partial charge in [0.25, 0.3) is 11.6 Å². The highest BCUT2D eigenvalue weighted by Crippen LogP contribution is 2.19. The van der Waals surface area contributed by atoms with Gasteiger partial charge in [-0.05, 0) is 22.4 Å². The molecule has 27 heavy (non-hydrogen) atoms. The van der Waals surface area contributed by atoms with Gasteiger partial charge >= 0.3 is 0 Å². The molecule has 0 heterocycles. The van der Waals surface area contributed by atoms with E-state index in [1.807, 2.05) is 30.3 Å². The number of nitrogens with one attached hydrogen (secondary N) is 1. The predicted molar refractivity (Wildman–Crippen MR) is 101 cm³/mol. The largest absolute Gasteiger partial charge is 0.368 e. The van der Waals surface area contributed by atoms with Crippen LogP contribution in [-0.2, 0) is 11.2 Å². The van der Waals surface area contributed by atoms with Gasteiger partial charge in [-0.3, -0.25) is 19.7 Å². The van der Waals surface area contributed by atoms with E-state index in [1.165, 1.54) is 24.3 Å². The highest BCUT2D eigenvalue weighted by molar-refractivity contribution is 6.08. The van der Waals surface area contributed by atoms with E-state index < -0.39 is 22.8 Å². The molecule has 1 atom stereocenters. The highest BCUT2D eigenvalue weighted by atomic mass is 16.6. The maximum Gasteiger partial charge on any atom is 0.269 e. The van der Waals surface area contributed by atoms with Gasteiger partial charge in [0, 0.05) is 24.1 Å². The highest BCUT2D eigenvalue weighted by Gasteiger charge is 2.21. The van der Waals surface area contributed by atoms with Gasteiger partial charge in [-0.2, -0.15) is 0 Å². The monoisotopic (exact) mass is 363 g/mol. The first-order valence-electron chi connectivity index (χ1n) is 8.27. The average molecular weight is 363 g/mol. The van der Waals surface area contributed by atoms with Crippen molar-refractivity contribution in [3.05, 3.63) is 88.0 Å². The van der Waals surface area contributed by atoms with Crippen LogP contribution in [-0.4, -0.2) is 22.8 Å². The van der Waals surface area contributed by atoms with Crippen molar-refractivity contribution >= 4 is 28.3 Å². The number of nitro groups is 1. The van der Waals surface area contributed by atoms with Crippen LogP contribution in [0.4, 0.5) is 5.69 Å². The summed E-state index contributed by atoms with van der Waals surface area (Å²) in [5.41, 5.74) is 6.50. The third-order valence-electron chi connectivity index (χ3n) is 4.27. The number of primary amides is 1. The zero-order valence-electron chi connectivity index (χ0n) is 14.3. The Labute approximate surface area is 154 Å². The second kappa shape index (κ2) is 7.65. The molecule has 7 nitrogen and oxygen atoms in total. The minimum absolute atomic E-state index is 0.0471. The summed E-state index contributed by atoms with van der Waals surface area (Å²) in [6, 6.07) is 17.6. The molecule has 3 aromatic carbocycles. The first-order chi connectivity index (χ1) is 13.0. The van der Waals surface area contributed by atoms with Gasteiger partial charge in [-0.1, -0.05) is 48.5 Å². The van der Waals surface area contributed by atoms with Crippen molar-refractivity contribution in [2.24, 2.45) is 5.73 Å². The molecule has 136 valence electrons. The molecule has 0 spiro atoms. The van der Waals surface area contributed by atoms with Crippen LogP contribution in [0.5, 0.6) is 0 Å². The fourth-order valence-corrected chi connectivity index (χ4v) is 2.87. The van der Waals surface area contributed by atoms with Crippen LogP contribution in [0.2, 0.25) is 0 Å². The van der Waals surface area contributed by atoms with E-state index in [0.29, 0.717) is 11.1 Å². The average Bonchev–Trinajstić information content (AvgIpc) is 2.67. The smallest absolute Gasteiger partial charge is 0.269 e. The molecule has 3 rings (SSSR count). The van der Waals surface area contributed by atoms with Crippen molar-refractivity contribution in [3.63, 3.8) is 0 Å². The Balaban J connectivity index is 1.80. The maximum atomic E-state index is 12.7. The van der Waals surface area contributed by atoms with E-state index in [1.54, 1.807) is 12.1 Å². The standard InChI is InChI=1S/C20H17N3O4/c21-19(24)18(12-13-8-10-15(11-9-13)23(26)27)22-20(25)17-7-3-5-14-4-1-2-6-16(14)17/h1-11,18H,12H2,(H2,21,24)(H,22,25)/t18-/m0/s1. The van der Waals surface area contributed by atoms with E-state index in [2.05, 4.69) is 5.32 Å². The third-order valence-corrected chi connectivity index (χ3v) is 4.27. The van der Waals surface area contributed by atoms with Crippen molar-refractivity contribution in [1.82, 2.24) is 5.32 Å². The molecule has 3 N–H and O–H groups in total. The third kappa shape index (κ3) is 4.09. The molecule has 2 amide bonds. The molecule has 0 aromatic heterocycles. The van der Waals surface area contributed by atoms with E-state index in [0.717, 1.165) is 10.8 Å². The minimum Gasteiger partial charge on any atom is -0.368 e. The lowest BCUT2D eigenvalue weighted by Crippen LogP contribution is -2.45. The zero-order valence-corrected chi connectivity index (χ0v) is 14.3. The van der Waals surface area contributed by atoms with E-state index >= 15 is 0 Å². The topological polar surface area (TPSA) is 115 Å². The van der Waals surface area contributed by atoms with E-state index in [-0.39, 0.29) is 12.1 Å². The molecule has 0 aliphatic heterocycles. The molecule has 0 aliphatic carbocycles. The summed E-state index contributed by atoms with van der Waals surface area (Å²) in [4.78, 5) is 34.7. The van der Waals surface area contributed by atoms with Gasteiger partial charge in [0.15, 0.2) is 0 Å². The van der Waals surface area contributed by atoms with Crippen molar-refractivity contribution in [1.29, 1.82) is 0 Å². The van der Waals surface area contributed by atoms with Gasteiger partial charge < -0.3 is 11.1 Å². The molecule has 0 aliphatic rings. The lowest BCUT2D eigenvalue weighted by molar-refractivity contribution is -0.384. The number of carbonyl (C=O) groups is 2. The fourth-order valence-electron chi connectivity index (χ4n) is 2.87. The number of nitrogens with two attached hydrogens (primary N) is 1. The SMILES string of the molecule is NC(=O)[C@H](Cc1ccc([N+](=O)[O-])cc1)NC(=O)c1cccc2ccccc12. The lowest BCUT2D eigenvalue weighted by atomic mass is 10.0. The number of non-ortho nitro benzene ring substituents is 1. The number of hydrogen-bond donors (Lipinski definition) is 2. The summed E-state index contributed by atoms with van der Waals surface area (Å²) in [7, 11) is 0. The van der Waals surface area contributed by atoms with Gasteiger partial charge in [0.2, 0.25) is 5.91 Å². The Hall–Kier alpha value is -3.74. The number of carbonyl (C=O) groups excluding carboxylic acids is 2. The molecule has 3 aromatic rings. The van der Waals surface area contributed by atoms with Gasteiger partial charge in [-0.15, -0.1) is 0 Å². The number of amides is 2. The lowest BCUT2D eigenvalue weighted by Gasteiger charge is -2.16. The Bertz CT molecular complexity index is 1010. The fraction of sp³-hybridized carbons (Fsp3) is 0.100. The summed E-state index contributed by atoms with van der Waals surface area (Å²) in [5, 5.41) is 15.1. The summed E-state index contributed by atoms with van der Waals surface area (Å²) >= 11 is 0. The van der Waals surface area contributed by atoms with Crippen LogP contribution in [0.3, 0.4) is 0 Å². The number of nitrogens with zero attached hydrogens (tertiary/aromatic N) is 1. The van der Waals surface area contributed by atoms with Crippen LogP contribution in [0.15, 0.2) is 66.7 Å². The Morgan fingerprint density at radius 3 is 2.33 bits per heavy atom. The Kier molecular flexibility index (Phi) is 5.12. The second-order valence-corrected chi connectivity index (χ2v) is 6.08. The Morgan fingerprint density at radius 1 is 1.00 bits per heavy atom. The molecule has 7 heteroatoms. The van der Waals surface area contributed by atoms with E-state index in [4.69, 9.17) is 5.73 Å². The molecule has 0 saturated heterocycles. The number of fused-ring (bicyclic) bond motifs is 1. The maximum absolute atomic E-state index is 12.7. The first-order valence-corrected chi connectivity index (χ1v) is 8.27. The van der Waals surface area contributed by atoms with Crippen molar-refractivity contribution in [3.8, 4) is 0 Å². The van der Waals surface area contributed by atoms with Crippen molar-refractivity contribution in [2.75, 3.05) is 0 Å². The minimum atomic E-state index is -0.932. The Morgan fingerprint density at radius 2 is 1.67 bits per heavy atom. The molecular formula is C20H17N3O4. The molecule has 0 bridgehead atoms. The summed E-state index contributed by atoms with van der Waals surface area (Å²) < 4.78 is 0. The van der Waals surface area contributed by atoms with Gasteiger partial charge in [-0.25, -0.2) is 0 Å². The van der Waals surface area contributed by atoms with Crippen molar-refractivity contribution < 1.29 is 14.5 Å². The number of benzene rings is 3. The molecule has 0 unspecified atom stereocenters. The molecular weight excluding hydrogens is 346 g/mol. The number of rotatable bonds is 6. The second-order valence-electron chi connectivity index (χ2n) is 6.08.